The lowest BCUT2D eigenvalue weighted by Crippen LogP contribution is -2.08. The molecule has 0 atom stereocenters. The molecule has 0 radical (unpaired) electrons. The number of hydrogen-bond donors (Lipinski definition) is 3. The van der Waals surface area contributed by atoms with Crippen molar-refractivity contribution >= 4 is 11.4 Å². The van der Waals surface area contributed by atoms with Crippen molar-refractivity contribution in [1.29, 1.82) is 0 Å². The van der Waals surface area contributed by atoms with E-state index in [1.54, 1.807) is 7.11 Å². The van der Waals surface area contributed by atoms with Crippen molar-refractivity contribution in [2.24, 2.45) is 0 Å². The quantitative estimate of drug-likeness (QED) is 0.640. The van der Waals surface area contributed by atoms with Gasteiger partial charge >= 0.3 is 0 Å². The van der Waals surface area contributed by atoms with E-state index in [-0.39, 0.29) is 6.61 Å². The fraction of sp³-hybridized carbons (Fsp3) is 0.455. The summed E-state index contributed by atoms with van der Waals surface area (Å²) in [6.07, 6.45) is 0.891. The molecule has 0 saturated carbocycles. The van der Waals surface area contributed by atoms with Gasteiger partial charge in [0.25, 0.3) is 0 Å². The van der Waals surface area contributed by atoms with Crippen LogP contribution in [-0.4, -0.2) is 25.4 Å². The Morgan fingerprint density at radius 2 is 2.20 bits per heavy atom. The molecule has 4 N–H and O–H groups in total. The lowest BCUT2D eigenvalue weighted by Gasteiger charge is -2.13. The average Bonchev–Trinajstić information content (AvgIpc) is 2.26. The third kappa shape index (κ3) is 2.76. The Kier molecular flexibility index (Phi) is 4.24. The SMILES string of the molecule is CCc1cc(N)c(OC)cc1NCCO. The van der Waals surface area contributed by atoms with Gasteiger partial charge in [0.05, 0.1) is 19.4 Å². The van der Waals surface area contributed by atoms with Crippen LogP contribution in [0.25, 0.3) is 0 Å². The minimum absolute atomic E-state index is 0.107. The van der Waals surface area contributed by atoms with Crippen molar-refractivity contribution in [3.63, 3.8) is 0 Å². The molecule has 84 valence electrons. The summed E-state index contributed by atoms with van der Waals surface area (Å²) in [5.74, 6) is 0.660. The number of aliphatic hydroxyl groups is 1. The summed E-state index contributed by atoms with van der Waals surface area (Å²) in [7, 11) is 1.59. The van der Waals surface area contributed by atoms with Crippen LogP contribution in [0.5, 0.6) is 5.75 Å². The van der Waals surface area contributed by atoms with Crippen LogP contribution in [0.1, 0.15) is 12.5 Å². The van der Waals surface area contributed by atoms with Crippen LogP contribution in [0.3, 0.4) is 0 Å². The van der Waals surface area contributed by atoms with Crippen LogP contribution in [0, 0.1) is 0 Å². The van der Waals surface area contributed by atoms with Crippen molar-refractivity contribution in [3.8, 4) is 5.75 Å². The Bertz CT molecular complexity index is 327. The molecule has 0 bridgehead atoms. The number of benzene rings is 1. The molecule has 0 aliphatic carbocycles. The van der Waals surface area contributed by atoms with Gasteiger partial charge in [0.2, 0.25) is 0 Å². The Balaban J connectivity index is 2.99. The highest BCUT2D eigenvalue weighted by atomic mass is 16.5. The van der Waals surface area contributed by atoms with Crippen molar-refractivity contribution in [1.82, 2.24) is 0 Å². The van der Waals surface area contributed by atoms with Crippen molar-refractivity contribution in [2.45, 2.75) is 13.3 Å². The largest absolute Gasteiger partial charge is 0.495 e. The number of hydrogen-bond acceptors (Lipinski definition) is 4. The zero-order valence-corrected chi connectivity index (χ0v) is 9.21. The van der Waals surface area contributed by atoms with Gasteiger partial charge in [-0.1, -0.05) is 6.92 Å². The normalized spacial score (nSPS) is 10.1. The topological polar surface area (TPSA) is 67.5 Å². The molecule has 1 aromatic carbocycles. The molecule has 0 spiro atoms. The van der Waals surface area contributed by atoms with Crippen LogP contribution in [0.2, 0.25) is 0 Å². The summed E-state index contributed by atoms with van der Waals surface area (Å²) in [6.45, 7) is 2.70. The van der Waals surface area contributed by atoms with Crippen LogP contribution in [0.4, 0.5) is 11.4 Å². The fourth-order valence-electron chi connectivity index (χ4n) is 1.47. The van der Waals surface area contributed by atoms with E-state index in [1.807, 2.05) is 12.1 Å². The van der Waals surface area contributed by atoms with Gasteiger partial charge in [-0.3, -0.25) is 0 Å². The Morgan fingerprint density at radius 1 is 1.47 bits per heavy atom. The van der Waals surface area contributed by atoms with Gasteiger partial charge in [0.15, 0.2) is 0 Å². The van der Waals surface area contributed by atoms with Crippen LogP contribution in [-0.2, 0) is 6.42 Å². The van der Waals surface area contributed by atoms with E-state index in [0.29, 0.717) is 18.0 Å². The van der Waals surface area contributed by atoms with E-state index in [0.717, 1.165) is 17.7 Å². The second kappa shape index (κ2) is 5.46. The molecular formula is C11H18N2O2. The van der Waals surface area contributed by atoms with Crippen LogP contribution >= 0.6 is 0 Å². The standard InChI is InChI=1S/C11H18N2O2/c1-3-8-6-9(12)11(15-2)7-10(8)13-4-5-14/h6-7,13-14H,3-5,12H2,1-2H3. The van der Waals surface area contributed by atoms with E-state index in [4.69, 9.17) is 15.6 Å². The smallest absolute Gasteiger partial charge is 0.143 e. The molecule has 0 fully saturated rings. The average molecular weight is 210 g/mol. The van der Waals surface area contributed by atoms with Gasteiger partial charge in [-0.15, -0.1) is 0 Å². The third-order valence-electron chi connectivity index (χ3n) is 2.26. The lowest BCUT2D eigenvalue weighted by molar-refractivity contribution is 0.311. The number of nitrogen functional groups attached to an aromatic ring is 1. The summed E-state index contributed by atoms with van der Waals surface area (Å²) in [4.78, 5) is 0. The van der Waals surface area contributed by atoms with Crippen LogP contribution < -0.4 is 15.8 Å². The Morgan fingerprint density at radius 3 is 2.73 bits per heavy atom. The molecule has 0 amide bonds. The summed E-state index contributed by atoms with van der Waals surface area (Å²) >= 11 is 0. The van der Waals surface area contributed by atoms with Gasteiger partial charge in [0, 0.05) is 18.3 Å². The highest BCUT2D eigenvalue weighted by molar-refractivity contribution is 5.66. The van der Waals surface area contributed by atoms with E-state index in [9.17, 15) is 0 Å². The molecule has 0 heterocycles. The molecule has 4 nitrogen and oxygen atoms in total. The number of nitrogens with two attached hydrogens (primary N) is 1. The highest BCUT2D eigenvalue weighted by Crippen LogP contribution is 2.29. The first kappa shape index (κ1) is 11.7. The van der Waals surface area contributed by atoms with Crippen molar-refractivity contribution in [3.05, 3.63) is 17.7 Å². The maximum absolute atomic E-state index is 8.75. The summed E-state index contributed by atoms with van der Waals surface area (Å²) in [5.41, 5.74) is 8.54. The van der Waals surface area contributed by atoms with Crippen molar-refractivity contribution in [2.75, 3.05) is 31.3 Å². The first-order valence-corrected chi connectivity index (χ1v) is 5.04. The maximum atomic E-state index is 8.75. The van der Waals surface area contributed by atoms with Crippen molar-refractivity contribution < 1.29 is 9.84 Å². The molecule has 1 rings (SSSR count). The molecule has 15 heavy (non-hydrogen) atoms. The monoisotopic (exact) mass is 210 g/mol. The number of rotatable bonds is 5. The van der Waals surface area contributed by atoms with E-state index >= 15 is 0 Å². The predicted octanol–water partition coefficient (Wildman–Crippen LogP) is 1.24. The first-order valence-electron chi connectivity index (χ1n) is 5.04. The number of methoxy groups -OCH3 is 1. The minimum Gasteiger partial charge on any atom is -0.495 e. The molecule has 0 saturated heterocycles. The molecule has 0 unspecified atom stereocenters. The number of aliphatic hydroxyl groups excluding tert-OH is 1. The van der Waals surface area contributed by atoms with Gasteiger partial charge < -0.3 is 20.9 Å². The van der Waals surface area contributed by atoms with E-state index in [2.05, 4.69) is 12.2 Å². The molecular weight excluding hydrogens is 192 g/mol. The second-order valence-corrected chi connectivity index (χ2v) is 3.26. The second-order valence-electron chi connectivity index (χ2n) is 3.26. The number of anilines is 2. The predicted molar refractivity (Wildman–Crippen MR) is 62.4 cm³/mol. The molecule has 0 aliphatic rings. The zero-order valence-electron chi connectivity index (χ0n) is 9.21. The fourth-order valence-corrected chi connectivity index (χ4v) is 1.47. The third-order valence-corrected chi connectivity index (χ3v) is 2.26. The number of ether oxygens (including phenoxy) is 1. The maximum Gasteiger partial charge on any atom is 0.143 e. The van der Waals surface area contributed by atoms with Gasteiger partial charge in [0.1, 0.15) is 5.75 Å². The van der Waals surface area contributed by atoms with Crippen LogP contribution in [0.15, 0.2) is 12.1 Å². The summed E-state index contributed by atoms with van der Waals surface area (Å²) in [6, 6.07) is 3.77. The number of nitrogens with one attached hydrogen (secondary N) is 1. The minimum atomic E-state index is 0.107. The number of aryl methyl sites for hydroxylation is 1. The summed E-state index contributed by atoms with van der Waals surface area (Å²) < 4.78 is 5.14. The van der Waals surface area contributed by atoms with E-state index < -0.39 is 0 Å². The molecule has 0 aromatic heterocycles. The van der Waals surface area contributed by atoms with Gasteiger partial charge in [-0.2, -0.15) is 0 Å². The molecule has 4 heteroatoms. The zero-order chi connectivity index (χ0) is 11.3. The summed E-state index contributed by atoms with van der Waals surface area (Å²) in [5, 5.41) is 11.9. The Labute approximate surface area is 90.1 Å². The molecule has 0 aliphatic heterocycles. The first-order chi connectivity index (χ1) is 7.22. The Hall–Kier alpha value is -1.42. The van der Waals surface area contributed by atoms with Gasteiger partial charge in [-0.05, 0) is 18.1 Å². The lowest BCUT2D eigenvalue weighted by atomic mass is 10.1. The van der Waals surface area contributed by atoms with Gasteiger partial charge in [-0.25, -0.2) is 0 Å². The highest BCUT2D eigenvalue weighted by Gasteiger charge is 2.06. The molecule has 1 aromatic rings. The van der Waals surface area contributed by atoms with E-state index in [1.165, 1.54) is 0 Å².